The number of benzene rings is 1. The van der Waals surface area contributed by atoms with Gasteiger partial charge in [-0.05, 0) is 30.7 Å². The summed E-state index contributed by atoms with van der Waals surface area (Å²) in [5, 5.41) is 3.01. The van der Waals surface area contributed by atoms with E-state index in [9.17, 15) is 22.8 Å². The number of nitrogens with one attached hydrogen (secondary N) is 1. The van der Waals surface area contributed by atoms with Crippen LogP contribution in [0.2, 0.25) is 0 Å². The number of pyridine rings is 1. The van der Waals surface area contributed by atoms with Crippen molar-refractivity contribution in [3.05, 3.63) is 58.5 Å². The number of aromatic nitrogens is 3. The molecule has 0 bridgehead atoms. The van der Waals surface area contributed by atoms with Gasteiger partial charge in [0.15, 0.2) is 11.8 Å². The minimum atomic E-state index is -4.59. The number of alkyl carbamates (subject to hydrolysis) is 1. The third kappa shape index (κ3) is 5.50. The van der Waals surface area contributed by atoms with Crippen LogP contribution in [0.4, 0.5) is 18.0 Å². The summed E-state index contributed by atoms with van der Waals surface area (Å²) in [5.74, 6) is 0.640. The molecule has 3 rings (SSSR count). The highest BCUT2D eigenvalue weighted by molar-refractivity contribution is 7.99. The maximum absolute atomic E-state index is 13.0. The van der Waals surface area contributed by atoms with Crippen molar-refractivity contribution in [2.45, 2.75) is 18.3 Å². The maximum atomic E-state index is 13.0. The van der Waals surface area contributed by atoms with Gasteiger partial charge < -0.3 is 10.1 Å². The maximum Gasteiger partial charge on any atom is 0.422 e. The fourth-order valence-electron chi connectivity index (χ4n) is 2.50. The number of ether oxygens (including phenoxy) is 1. The Morgan fingerprint density at radius 3 is 2.70 bits per heavy atom. The van der Waals surface area contributed by atoms with Gasteiger partial charge in [0.05, 0.1) is 10.9 Å². The van der Waals surface area contributed by atoms with E-state index in [0.717, 1.165) is 17.3 Å². The van der Waals surface area contributed by atoms with Gasteiger partial charge in [-0.25, -0.2) is 19.3 Å². The lowest BCUT2D eigenvalue weighted by Crippen LogP contribution is -2.30. The van der Waals surface area contributed by atoms with Crippen molar-refractivity contribution in [1.29, 1.82) is 0 Å². The van der Waals surface area contributed by atoms with E-state index in [1.54, 1.807) is 36.5 Å². The summed E-state index contributed by atoms with van der Waals surface area (Å²) < 4.78 is 41.6. The molecule has 11 heteroatoms. The second-order valence-corrected chi connectivity index (χ2v) is 7.27. The molecule has 158 valence electrons. The van der Waals surface area contributed by atoms with Crippen LogP contribution in [-0.2, 0) is 4.74 Å². The molecule has 0 atom stereocenters. The Bertz CT molecular complexity index is 1100. The van der Waals surface area contributed by atoms with Gasteiger partial charge in [0.1, 0.15) is 5.82 Å². The van der Waals surface area contributed by atoms with Crippen molar-refractivity contribution in [3.63, 3.8) is 0 Å². The van der Waals surface area contributed by atoms with Crippen molar-refractivity contribution in [3.8, 4) is 5.82 Å². The molecule has 0 fully saturated rings. The van der Waals surface area contributed by atoms with E-state index in [1.165, 1.54) is 4.57 Å². The van der Waals surface area contributed by atoms with E-state index >= 15 is 0 Å². The number of carbonyl (C=O) groups is 1. The highest BCUT2D eigenvalue weighted by Crippen LogP contribution is 2.20. The molecule has 0 unspecified atom stereocenters. The predicted octanol–water partition coefficient (Wildman–Crippen LogP) is 3.47. The number of amides is 1. The lowest BCUT2D eigenvalue weighted by Gasteiger charge is -2.13. The Morgan fingerprint density at radius 1 is 1.23 bits per heavy atom. The summed E-state index contributed by atoms with van der Waals surface area (Å²) in [7, 11) is 0. The van der Waals surface area contributed by atoms with Crippen LogP contribution in [-0.4, -0.2) is 45.7 Å². The van der Waals surface area contributed by atoms with E-state index in [-0.39, 0.29) is 17.9 Å². The zero-order valence-corrected chi connectivity index (χ0v) is 16.6. The zero-order chi connectivity index (χ0) is 21.7. The average molecular weight is 438 g/mol. The normalized spacial score (nSPS) is 11.5. The predicted molar refractivity (Wildman–Crippen MR) is 106 cm³/mol. The van der Waals surface area contributed by atoms with Crippen LogP contribution in [0.15, 0.2) is 52.5 Å². The first-order chi connectivity index (χ1) is 14.2. The van der Waals surface area contributed by atoms with Gasteiger partial charge in [0.25, 0.3) is 5.56 Å². The monoisotopic (exact) mass is 438 g/mol. The Balaban J connectivity index is 1.77. The van der Waals surface area contributed by atoms with E-state index in [1.807, 2.05) is 13.0 Å². The fraction of sp³-hybridized carbons (Fsp3) is 0.263. The second-order valence-electron chi connectivity index (χ2n) is 6.21. The molecule has 30 heavy (non-hydrogen) atoms. The molecule has 1 amide bonds. The molecule has 2 heterocycles. The van der Waals surface area contributed by atoms with Gasteiger partial charge >= 0.3 is 12.3 Å². The number of aryl methyl sites for hydroxylation is 1. The molecule has 0 saturated carbocycles. The molecular weight excluding hydrogens is 421 g/mol. The highest BCUT2D eigenvalue weighted by Gasteiger charge is 2.29. The lowest BCUT2D eigenvalue weighted by atomic mass is 10.2. The van der Waals surface area contributed by atoms with Crippen LogP contribution in [0, 0.1) is 6.92 Å². The van der Waals surface area contributed by atoms with Crippen LogP contribution in [0.1, 0.15) is 5.56 Å². The third-order valence-electron chi connectivity index (χ3n) is 3.84. The summed E-state index contributed by atoms with van der Waals surface area (Å²) in [4.78, 5) is 33.2. The van der Waals surface area contributed by atoms with Gasteiger partial charge in [-0.2, -0.15) is 13.2 Å². The summed E-state index contributed by atoms with van der Waals surface area (Å²) in [5.41, 5.74) is 1.14. The summed E-state index contributed by atoms with van der Waals surface area (Å²) in [6.45, 7) is 0.236. The smallest absolute Gasteiger partial charge is 0.422 e. The quantitative estimate of drug-likeness (QED) is 0.360. The number of carbonyl (C=O) groups excluding carboxylic acids is 1. The Hall–Kier alpha value is -3.08. The summed E-state index contributed by atoms with van der Waals surface area (Å²) in [6, 6.07) is 10.4. The molecule has 1 N–H and O–H groups in total. The first kappa shape index (κ1) is 21.6. The fourth-order valence-corrected chi connectivity index (χ4v) is 3.35. The minimum Gasteiger partial charge on any atom is -0.440 e. The number of fused-ring (bicyclic) bond motifs is 1. The van der Waals surface area contributed by atoms with Crippen LogP contribution < -0.4 is 10.9 Å². The van der Waals surface area contributed by atoms with Crippen molar-refractivity contribution in [2.75, 3.05) is 18.9 Å². The van der Waals surface area contributed by atoms with Crippen molar-refractivity contribution in [1.82, 2.24) is 19.9 Å². The van der Waals surface area contributed by atoms with Gasteiger partial charge in [0, 0.05) is 18.5 Å². The van der Waals surface area contributed by atoms with Crippen molar-refractivity contribution >= 4 is 28.8 Å². The molecule has 2 aromatic heterocycles. The van der Waals surface area contributed by atoms with Gasteiger partial charge in [-0.3, -0.25) is 4.79 Å². The number of nitrogens with zero attached hydrogens (tertiary/aromatic N) is 3. The number of rotatable bonds is 6. The van der Waals surface area contributed by atoms with Gasteiger partial charge in [-0.15, -0.1) is 0 Å². The van der Waals surface area contributed by atoms with E-state index in [0.29, 0.717) is 21.9 Å². The van der Waals surface area contributed by atoms with E-state index < -0.39 is 18.9 Å². The van der Waals surface area contributed by atoms with Crippen LogP contribution >= 0.6 is 11.8 Å². The number of hydrogen-bond acceptors (Lipinski definition) is 6. The number of alkyl halides is 3. The zero-order valence-electron chi connectivity index (χ0n) is 15.8. The second kappa shape index (κ2) is 9.16. The number of thioether (sulfide) groups is 1. The minimum absolute atomic E-state index is 0.0192. The number of para-hydroxylation sites is 1. The number of halogens is 3. The summed E-state index contributed by atoms with van der Waals surface area (Å²) in [6.07, 6.45) is -4.13. The Labute approximate surface area is 173 Å². The average Bonchev–Trinajstić information content (AvgIpc) is 2.70. The van der Waals surface area contributed by atoms with Crippen LogP contribution in [0.3, 0.4) is 0 Å². The molecular formula is C19H17F3N4O3S. The standard InChI is InChI=1S/C19H17F3N4O3S/c1-12-6-7-15(24-10-12)26-16(27)13-4-2-3-5-14(13)25-17(26)30-9-8-23-18(28)29-11-19(20,21)22/h2-7,10H,8-9,11H2,1H3,(H,23,28). The third-order valence-corrected chi connectivity index (χ3v) is 4.78. The number of hydrogen-bond donors (Lipinski definition) is 1. The molecule has 0 spiro atoms. The highest BCUT2D eigenvalue weighted by atomic mass is 32.2. The lowest BCUT2D eigenvalue weighted by molar-refractivity contribution is -0.160. The first-order valence-electron chi connectivity index (χ1n) is 8.79. The van der Waals surface area contributed by atoms with Gasteiger partial charge in [0.2, 0.25) is 0 Å². The Kier molecular flexibility index (Phi) is 6.60. The molecule has 3 aromatic rings. The molecule has 0 saturated heterocycles. The van der Waals surface area contributed by atoms with Crippen molar-refractivity contribution in [2.24, 2.45) is 0 Å². The summed E-state index contributed by atoms with van der Waals surface area (Å²) >= 11 is 1.16. The molecule has 0 radical (unpaired) electrons. The van der Waals surface area contributed by atoms with Crippen LogP contribution in [0.25, 0.3) is 16.7 Å². The molecule has 0 aliphatic rings. The van der Waals surface area contributed by atoms with E-state index in [4.69, 9.17) is 0 Å². The molecule has 7 nitrogen and oxygen atoms in total. The largest absolute Gasteiger partial charge is 0.440 e. The molecule has 0 aliphatic carbocycles. The molecule has 1 aromatic carbocycles. The molecule has 0 aliphatic heterocycles. The Morgan fingerprint density at radius 2 is 2.00 bits per heavy atom. The first-order valence-corrected chi connectivity index (χ1v) is 9.78. The van der Waals surface area contributed by atoms with Crippen LogP contribution in [0.5, 0.6) is 0 Å². The SMILES string of the molecule is Cc1ccc(-n2c(SCCNC(=O)OCC(F)(F)F)nc3ccccc3c2=O)nc1. The topological polar surface area (TPSA) is 86.1 Å². The van der Waals surface area contributed by atoms with Gasteiger partial charge in [-0.1, -0.05) is 30.0 Å². The van der Waals surface area contributed by atoms with Crippen molar-refractivity contribution < 1.29 is 22.7 Å². The van der Waals surface area contributed by atoms with E-state index in [2.05, 4.69) is 20.0 Å².